The number of aliphatic imine (C=N–C) groups is 1. The number of aliphatic hydroxyl groups is 1. The zero-order valence-corrected chi connectivity index (χ0v) is 15.5. The van der Waals surface area contributed by atoms with E-state index in [-0.39, 0.29) is 18.1 Å². The number of nitrogens with one attached hydrogen (secondary N) is 2. The lowest BCUT2D eigenvalue weighted by atomic mass is 10.2. The Morgan fingerprint density at radius 3 is 2.75 bits per heavy atom. The van der Waals surface area contributed by atoms with Gasteiger partial charge in [0, 0.05) is 35.5 Å². The summed E-state index contributed by atoms with van der Waals surface area (Å²) >= 11 is 1.56. The molecular weight excluding hydrogens is 346 g/mol. The van der Waals surface area contributed by atoms with Crippen LogP contribution in [-0.4, -0.2) is 51.1 Å². The monoisotopic (exact) mass is 369 g/mol. The van der Waals surface area contributed by atoms with Crippen LogP contribution in [0.1, 0.15) is 17.9 Å². The van der Waals surface area contributed by atoms with Crippen molar-refractivity contribution in [2.24, 2.45) is 4.99 Å². The highest BCUT2D eigenvalue weighted by molar-refractivity contribution is 7.91. The number of benzene rings is 1. The number of hydrogen-bond acceptors (Lipinski definition) is 5. The number of thiophene rings is 1. The van der Waals surface area contributed by atoms with Gasteiger partial charge in [-0.05, 0) is 17.5 Å². The van der Waals surface area contributed by atoms with E-state index in [2.05, 4.69) is 15.6 Å². The van der Waals surface area contributed by atoms with E-state index in [1.165, 1.54) is 0 Å². The molecule has 1 aromatic carbocycles. The first-order valence-electron chi connectivity index (χ1n) is 7.76. The summed E-state index contributed by atoms with van der Waals surface area (Å²) in [6.07, 6.45) is -0.652. The van der Waals surface area contributed by atoms with Crippen LogP contribution in [0.3, 0.4) is 0 Å². The van der Waals surface area contributed by atoms with Crippen LogP contribution >= 0.6 is 11.3 Å². The third-order valence-electron chi connectivity index (χ3n) is 3.60. The van der Waals surface area contributed by atoms with E-state index in [4.69, 9.17) is 0 Å². The maximum Gasteiger partial charge on any atom is 0.191 e. The van der Waals surface area contributed by atoms with Crippen LogP contribution in [0.25, 0.3) is 10.1 Å². The minimum Gasteiger partial charge on any atom is -0.386 e. The van der Waals surface area contributed by atoms with E-state index in [0.29, 0.717) is 12.5 Å². The number of hydrogen-bond donors (Lipinski definition) is 3. The molecule has 24 heavy (non-hydrogen) atoms. The highest BCUT2D eigenvalue weighted by atomic mass is 32.2. The van der Waals surface area contributed by atoms with Crippen LogP contribution in [0.5, 0.6) is 0 Å². The van der Waals surface area contributed by atoms with Gasteiger partial charge >= 0.3 is 0 Å². The molecule has 0 radical (unpaired) electrons. The van der Waals surface area contributed by atoms with Crippen LogP contribution in [-0.2, 0) is 9.84 Å². The second-order valence-electron chi connectivity index (χ2n) is 5.32. The molecule has 0 aliphatic carbocycles. The summed E-state index contributed by atoms with van der Waals surface area (Å²) in [7, 11) is -1.40. The molecule has 0 aliphatic rings. The number of aliphatic hydroxyl groups excluding tert-OH is 1. The maximum absolute atomic E-state index is 11.5. The highest BCUT2D eigenvalue weighted by Crippen LogP contribution is 2.29. The Bertz CT molecular complexity index is 767. The third-order valence-corrected chi connectivity index (χ3v) is 6.53. The van der Waals surface area contributed by atoms with Gasteiger partial charge in [0.15, 0.2) is 15.8 Å². The summed E-state index contributed by atoms with van der Waals surface area (Å²) in [6, 6.07) is 9.97. The Balaban J connectivity index is 1.86. The predicted molar refractivity (Wildman–Crippen MR) is 100 cm³/mol. The van der Waals surface area contributed by atoms with Crippen molar-refractivity contribution in [3.63, 3.8) is 0 Å². The first kappa shape index (κ1) is 18.7. The van der Waals surface area contributed by atoms with Crippen LogP contribution in [0.2, 0.25) is 0 Å². The van der Waals surface area contributed by atoms with Gasteiger partial charge in [-0.25, -0.2) is 8.42 Å². The predicted octanol–water partition coefficient (Wildman–Crippen LogP) is 1.53. The molecule has 0 fully saturated rings. The quantitative estimate of drug-likeness (QED) is 0.509. The molecule has 2 rings (SSSR count). The van der Waals surface area contributed by atoms with Crippen molar-refractivity contribution >= 4 is 37.2 Å². The summed E-state index contributed by atoms with van der Waals surface area (Å²) in [5, 5.41) is 17.4. The van der Waals surface area contributed by atoms with Crippen molar-refractivity contribution in [3.8, 4) is 0 Å². The zero-order valence-electron chi connectivity index (χ0n) is 13.8. The molecule has 1 atom stereocenters. The van der Waals surface area contributed by atoms with Crippen molar-refractivity contribution in [2.45, 2.75) is 13.0 Å². The first-order chi connectivity index (χ1) is 11.4. The van der Waals surface area contributed by atoms with Gasteiger partial charge in [-0.15, -0.1) is 11.3 Å². The third kappa shape index (κ3) is 5.19. The molecule has 1 unspecified atom stereocenters. The minimum atomic E-state index is -3.01. The van der Waals surface area contributed by atoms with Gasteiger partial charge < -0.3 is 15.7 Å². The Labute approximate surface area is 146 Å². The molecule has 0 bridgehead atoms. The molecule has 0 spiro atoms. The summed E-state index contributed by atoms with van der Waals surface area (Å²) < 4.78 is 24.1. The molecule has 132 valence electrons. The lowest BCUT2D eigenvalue weighted by Gasteiger charge is -2.14. The van der Waals surface area contributed by atoms with Gasteiger partial charge in [-0.1, -0.05) is 25.1 Å². The Morgan fingerprint density at radius 1 is 1.33 bits per heavy atom. The molecule has 3 N–H and O–H groups in total. The normalized spacial score (nSPS) is 13.9. The van der Waals surface area contributed by atoms with Crippen molar-refractivity contribution in [2.75, 3.05) is 31.6 Å². The van der Waals surface area contributed by atoms with Crippen molar-refractivity contribution in [3.05, 3.63) is 35.2 Å². The molecule has 2 aromatic rings. The lowest BCUT2D eigenvalue weighted by molar-refractivity contribution is 0.184. The highest BCUT2D eigenvalue weighted by Gasteiger charge is 2.12. The molecule has 0 saturated carbocycles. The van der Waals surface area contributed by atoms with E-state index in [9.17, 15) is 13.5 Å². The number of guanidine groups is 1. The van der Waals surface area contributed by atoms with E-state index in [1.807, 2.05) is 30.3 Å². The molecule has 0 amide bonds. The van der Waals surface area contributed by atoms with E-state index < -0.39 is 15.9 Å². The molecule has 0 aliphatic heterocycles. The van der Waals surface area contributed by atoms with Crippen LogP contribution < -0.4 is 10.6 Å². The molecular formula is C16H23N3O3S2. The molecule has 6 nitrogen and oxygen atoms in total. The average Bonchev–Trinajstić information content (AvgIpc) is 3.01. The summed E-state index contributed by atoms with van der Waals surface area (Å²) in [5.74, 6) is 0.662. The number of sulfone groups is 1. The number of rotatable bonds is 7. The van der Waals surface area contributed by atoms with Gasteiger partial charge in [0.25, 0.3) is 0 Å². The fourth-order valence-electron chi connectivity index (χ4n) is 2.15. The summed E-state index contributed by atoms with van der Waals surface area (Å²) in [4.78, 5) is 4.92. The van der Waals surface area contributed by atoms with Crippen molar-refractivity contribution in [1.29, 1.82) is 0 Å². The van der Waals surface area contributed by atoms with Crippen LogP contribution in [0.15, 0.2) is 35.3 Å². The first-order valence-corrected chi connectivity index (χ1v) is 10.4. The second-order valence-corrected chi connectivity index (χ2v) is 8.91. The standard InChI is InChI=1S/C16H23N3O3S2/c1-3-24(21,22)9-8-18-16(17-2)19-11-13(20)15-10-12-6-4-5-7-14(12)23-15/h4-7,10,13,20H,3,8-9,11H2,1-2H3,(H2,17,18,19). The molecule has 0 saturated heterocycles. The van der Waals surface area contributed by atoms with E-state index >= 15 is 0 Å². The second kappa shape index (κ2) is 8.46. The average molecular weight is 370 g/mol. The lowest BCUT2D eigenvalue weighted by Crippen LogP contribution is -2.41. The summed E-state index contributed by atoms with van der Waals surface area (Å²) in [5.41, 5.74) is 0. The van der Waals surface area contributed by atoms with Gasteiger partial charge in [-0.2, -0.15) is 0 Å². The summed E-state index contributed by atoms with van der Waals surface area (Å²) in [6.45, 7) is 2.21. The fourth-order valence-corrected chi connectivity index (χ4v) is 3.90. The fraction of sp³-hybridized carbons (Fsp3) is 0.438. The van der Waals surface area contributed by atoms with Gasteiger partial charge in [0.1, 0.15) is 6.10 Å². The zero-order chi connectivity index (χ0) is 17.6. The Morgan fingerprint density at radius 2 is 2.08 bits per heavy atom. The molecule has 1 heterocycles. The van der Waals surface area contributed by atoms with Crippen LogP contribution in [0, 0.1) is 0 Å². The van der Waals surface area contributed by atoms with Crippen molar-refractivity contribution < 1.29 is 13.5 Å². The van der Waals surface area contributed by atoms with Crippen LogP contribution in [0.4, 0.5) is 0 Å². The topological polar surface area (TPSA) is 90.8 Å². The maximum atomic E-state index is 11.5. The SMILES string of the molecule is CCS(=O)(=O)CCNC(=NC)NCC(O)c1cc2ccccc2s1. The molecule has 8 heteroatoms. The molecule has 1 aromatic heterocycles. The van der Waals surface area contributed by atoms with Gasteiger partial charge in [0.2, 0.25) is 0 Å². The Kier molecular flexibility index (Phi) is 6.59. The smallest absolute Gasteiger partial charge is 0.191 e. The minimum absolute atomic E-state index is 0.0586. The van der Waals surface area contributed by atoms with Gasteiger partial charge in [0.05, 0.1) is 5.75 Å². The van der Waals surface area contributed by atoms with E-state index in [1.54, 1.807) is 25.3 Å². The number of fused-ring (bicyclic) bond motifs is 1. The largest absolute Gasteiger partial charge is 0.386 e. The Hall–Kier alpha value is -1.64. The number of nitrogens with zero attached hydrogens (tertiary/aromatic N) is 1. The van der Waals surface area contributed by atoms with E-state index in [0.717, 1.165) is 15.0 Å². The van der Waals surface area contributed by atoms with Gasteiger partial charge in [-0.3, -0.25) is 4.99 Å². The van der Waals surface area contributed by atoms with Crippen molar-refractivity contribution in [1.82, 2.24) is 10.6 Å².